The molecule has 0 saturated carbocycles. The lowest BCUT2D eigenvalue weighted by Crippen LogP contribution is -2.53. The lowest BCUT2D eigenvalue weighted by atomic mass is 10.0. The third kappa shape index (κ3) is 3.38. The summed E-state index contributed by atoms with van der Waals surface area (Å²) in [4.78, 5) is 12.6. The van der Waals surface area contributed by atoms with Crippen LogP contribution in [0.4, 0.5) is 5.95 Å². The molecule has 1 aliphatic rings. The van der Waals surface area contributed by atoms with E-state index in [-0.39, 0.29) is 0 Å². The maximum atomic E-state index is 4.50. The summed E-state index contributed by atoms with van der Waals surface area (Å²) in [6, 6.07) is 4.20. The Labute approximate surface area is 151 Å². The van der Waals surface area contributed by atoms with Gasteiger partial charge in [0.05, 0.1) is 30.5 Å². The summed E-state index contributed by atoms with van der Waals surface area (Å²) in [6.45, 7) is 7.14. The van der Waals surface area contributed by atoms with Gasteiger partial charge in [-0.3, -0.25) is 4.98 Å². The molecule has 4 heterocycles. The van der Waals surface area contributed by atoms with Crippen molar-refractivity contribution in [3.05, 3.63) is 36.9 Å². The van der Waals surface area contributed by atoms with Gasteiger partial charge in [0.15, 0.2) is 0 Å². The van der Waals surface area contributed by atoms with Crippen molar-refractivity contribution in [1.29, 1.82) is 0 Å². The second-order valence-electron chi connectivity index (χ2n) is 6.61. The molecule has 4 rings (SSSR count). The Hall–Kier alpha value is -2.94. The van der Waals surface area contributed by atoms with E-state index in [1.165, 1.54) is 4.80 Å². The van der Waals surface area contributed by atoms with Gasteiger partial charge in [-0.2, -0.15) is 15.0 Å². The van der Waals surface area contributed by atoms with Crippen LogP contribution in [0, 0.1) is 5.92 Å². The molecule has 26 heavy (non-hydrogen) atoms. The standard InChI is InChI=1S/C17H21N9/c1-12(2)16-11-25(8-7-18-16)17-20-10-15(23-24-17)14-4-3-13(9-19-14)26-21-5-6-22-26/h3-6,9-10,12,16,18H,7-8,11H2,1-2H3/t16-/m1/s1. The molecular weight excluding hydrogens is 330 g/mol. The molecule has 3 aromatic heterocycles. The molecule has 3 aromatic rings. The number of hydrogen-bond acceptors (Lipinski definition) is 8. The summed E-state index contributed by atoms with van der Waals surface area (Å²) >= 11 is 0. The minimum Gasteiger partial charge on any atom is -0.337 e. The number of rotatable bonds is 4. The highest BCUT2D eigenvalue weighted by Crippen LogP contribution is 2.17. The Morgan fingerprint density at radius 2 is 1.88 bits per heavy atom. The third-order valence-corrected chi connectivity index (χ3v) is 4.50. The Kier molecular flexibility index (Phi) is 4.53. The van der Waals surface area contributed by atoms with E-state index in [9.17, 15) is 0 Å². The van der Waals surface area contributed by atoms with Crippen molar-refractivity contribution in [3.63, 3.8) is 0 Å². The molecular formula is C17H21N9. The molecule has 9 heteroatoms. The van der Waals surface area contributed by atoms with Gasteiger partial charge in [-0.25, -0.2) is 4.98 Å². The highest BCUT2D eigenvalue weighted by atomic mass is 15.5. The van der Waals surface area contributed by atoms with Gasteiger partial charge in [-0.1, -0.05) is 13.8 Å². The van der Waals surface area contributed by atoms with Crippen LogP contribution in [0.3, 0.4) is 0 Å². The average Bonchev–Trinajstić information content (AvgIpc) is 3.23. The van der Waals surface area contributed by atoms with E-state index in [2.05, 4.69) is 54.4 Å². The Morgan fingerprint density at radius 1 is 1.04 bits per heavy atom. The van der Waals surface area contributed by atoms with E-state index >= 15 is 0 Å². The summed E-state index contributed by atoms with van der Waals surface area (Å²) in [7, 11) is 0. The highest BCUT2D eigenvalue weighted by Gasteiger charge is 2.23. The first-order valence-corrected chi connectivity index (χ1v) is 8.72. The average molecular weight is 351 g/mol. The van der Waals surface area contributed by atoms with Crippen molar-refractivity contribution in [2.24, 2.45) is 5.92 Å². The number of nitrogens with zero attached hydrogens (tertiary/aromatic N) is 8. The molecule has 0 aliphatic carbocycles. The fraction of sp³-hybridized carbons (Fsp3) is 0.412. The number of pyridine rings is 1. The van der Waals surface area contributed by atoms with E-state index in [0.29, 0.717) is 29.3 Å². The van der Waals surface area contributed by atoms with E-state index in [1.54, 1.807) is 24.8 Å². The maximum Gasteiger partial charge on any atom is 0.245 e. The van der Waals surface area contributed by atoms with Crippen molar-refractivity contribution in [2.45, 2.75) is 19.9 Å². The van der Waals surface area contributed by atoms with Crippen LogP contribution in [0.25, 0.3) is 17.1 Å². The first-order chi connectivity index (χ1) is 12.7. The minimum absolute atomic E-state index is 0.442. The van der Waals surface area contributed by atoms with Gasteiger partial charge in [-0.05, 0) is 18.1 Å². The van der Waals surface area contributed by atoms with Crippen molar-refractivity contribution < 1.29 is 0 Å². The van der Waals surface area contributed by atoms with Crippen LogP contribution in [-0.4, -0.2) is 60.8 Å². The lowest BCUT2D eigenvalue weighted by molar-refractivity contribution is 0.365. The quantitative estimate of drug-likeness (QED) is 0.742. The summed E-state index contributed by atoms with van der Waals surface area (Å²) in [5.74, 6) is 1.23. The number of anilines is 1. The number of aromatic nitrogens is 7. The summed E-state index contributed by atoms with van der Waals surface area (Å²) in [5, 5.41) is 20.3. The Balaban J connectivity index is 1.49. The van der Waals surface area contributed by atoms with Crippen molar-refractivity contribution in [3.8, 4) is 17.1 Å². The van der Waals surface area contributed by atoms with E-state index in [1.807, 2.05) is 12.1 Å². The first kappa shape index (κ1) is 16.5. The zero-order chi connectivity index (χ0) is 17.9. The van der Waals surface area contributed by atoms with E-state index in [4.69, 9.17) is 0 Å². The van der Waals surface area contributed by atoms with Crippen LogP contribution < -0.4 is 10.2 Å². The van der Waals surface area contributed by atoms with Crippen LogP contribution in [0.15, 0.2) is 36.9 Å². The molecule has 1 fully saturated rings. The molecule has 0 unspecified atom stereocenters. The van der Waals surface area contributed by atoms with Crippen molar-refractivity contribution in [2.75, 3.05) is 24.5 Å². The lowest BCUT2D eigenvalue weighted by Gasteiger charge is -2.35. The highest BCUT2D eigenvalue weighted by molar-refractivity contribution is 5.54. The predicted octanol–water partition coefficient (Wildman–Crippen LogP) is 0.948. The van der Waals surface area contributed by atoms with Crippen LogP contribution in [-0.2, 0) is 0 Å². The third-order valence-electron chi connectivity index (χ3n) is 4.50. The van der Waals surface area contributed by atoms with Gasteiger partial charge in [-0.15, -0.1) is 10.2 Å². The van der Waals surface area contributed by atoms with E-state index < -0.39 is 0 Å². The van der Waals surface area contributed by atoms with Gasteiger partial charge in [0, 0.05) is 25.7 Å². The number of nitrogens with one attached hydrogen (secondary N) is 1. The largest absolute Gasteiger partial charge is 0.337 e. The molecule has 0 aromatic carbocycles. The first-order valence-electron chi connectivity index (χ1n) is 8.72. The van der Waals surface area contributed by atoms with Gasteiger partial charge < -0.3 is 10.2 Å². The second-order valence-corrected chi connectivity index (χ2v) is 6.61. The van der Waals surface area contributed by atoms with Crippen LogP contribution in [0.5, 0.6) is 0 Å². The molecule has 134 valence electrons. The summed E-state index contributed by atoms with van der Waals surface area (Å²) in [6.07, 6.45) is 6.68. The fourth-order valence-corrected chi connectivity index (χ4v) is 2.94. The van der Waals surface area contributed by atoms with Crippen LogP contribution >= 0.6 is 0 Å². The molecule has 0 spiro atoms. The molecule has 1 aliphatic heterocycles. The molecule has 0 bridgehead atoms. The summed E-state index contributed by atoms with van der Waals surface area (Å²) < 4.78 is 0. The van der Waals surface area contributed by atoms with Crippen LogP contribution in [0.2, 0.25) is 0 Å². The fourth-order valence-electron chi connectivity index (χ4n) is 2.94. The Morgan fingerprint density at radius 3 is 2.54 bits per heavy atom. The normalized spacial score (nSPS) is 17.7. The molecule has 0 amide bonds. The van der Waals surface area contributed by atoms with Crippen molar-refractivity contribution in [1.82, 2.24) is 40.5 Å². The molecule has 9 nitrogen and oxygen atoms in total. The zero-order valence-electron chi connectivity index (χ0n) is 14.8. The SMILES string of the molecule is CC(C)[C@H]1CN(c2ncc(-c3ccc(-n4nccn4)cn3)nn2)CCN1. The van der Waals surface area contributed by atoms with Gasteiger partial charge in [0.2, 0.25) is 5.95 Å². The molecule has 0 radical (unpaired) electrons. The predicted molar refractivity (Wildman–Crippen MR) is 96.8 cm³/mol. The smallest absolute Gasteiger partial charge is 0.245 e. The summed E-state index contributed by atoms with van der Waals surface area (Å²) in [5.41, 5.74) is 2.15. The number of piperazine rings is 1. The van der Waals surface area contributed by atoms with Crippen molar-refractivity contribution >= 4 is 5.95 Å². The van der Waals surface area contributed by atoms with E-state index in [0.717, 1.165) is 25.3 Å². The monoisotopic (exact) mass is 351 g/mol. The Bertz CT molecular complexity index is 828. The van der Waals surface area contributed by atoms with Crippen LogP contribution in [0.1, 0.15) is 13.8 Å². The zero-order valence-corrected chi connectivity index (χ0v) is 14.8. The molecule has 1 atom stereocenters. The van der Waals surface area contributed by atoms with Gasteiger partial charge >= 0.3 is 0 Å². The minimum atomic E-state index is 0.442. The topological polar surface area (TPSA) is 97.5 Å². The molecule has 1 N–H and O–H groups in total. The number of hydrogen-bond donors (Lipinski definition) is 1. The second kappa shape index (κ2) is 7.12. The maximum absolute atomic E-state index is 4.50. The molecule has 1 saturated heterocycles. The van der Waals surface area contributed by atoms with Gasteiger partial charge in [0.1, 0.15) is 11.4 Å². The van der Waals surface area contributed by atoms with Gasteiger partial charge in [0.25, 0.3) is 0 Å².